The minimum atomic E-state index is -0.520. The van der Waals surface area contributed by atoms with E-state index >= 15 is 0 Å². The highest BCUT2D eigenvalue weighted by Crippen LogP contribution is 2.13. The average Bonchev–Trinajstić information content (AvgIpc) is 2.88. The Kier molecular flexibility index (Phi) is 4.84. The lowest BCUT2D eigenvalue weighted by Gasteiger charge is -2.22. The van der Waals surface area contributed by atoms with Gasteiger partial charge in [-0.15, -0.1) is 0 Å². The largest absolute Gasteiger partial charge is 0.337 e. The van der Waals surface area contributed by atoms with Gasteiger partial charge in [-0.3, -0.25) is 14.6 Å². The van der Waals surface area contributed by atoms with Crippen molar-refractivity contribution in [3.8, 4) is 0 Å². The molecule has 2 amide bonds. The van der Waals surface area contributed by atoms with Gasteiger partial charge in [0.2, 0.25) is 0 Å². The van der Waals surface area contributed by atoms with Crippen molar-refractivity contribution < 1.29 is 14.0 Å². The van der Waals surface area contributed by atoms with Crippen LogP contribution in [0.5, 0.6) is 0 Å². The summed E-state index contributed by atoms with van der Waals surface area (Å²) in [6, 6.07) is 11.2. The van der Waals surface area contributed by atoms with E-state index in [4.69, 9.17) is 0 Å². The number of benzene rings is 1. The lowest BCUT2D eigenvalue weighted by atomic mass is 10.2. The highest BCUT2D eigenvalue weighted by Gasteiger charge is 2.25. The zero-order chi connectivity index (χ0) is 16.9. The molecule has 2 heterocycles. The predicted molar refractivity (Wildman–Crippen MR) is 87.1 cm³/mol. The van der Waals surface area contributed by atoms with E-state index in [1.807, 2.05) is 0 Å². The van der Waals surface area contributed by atoms with Crippen LogP contribution in [0.2, 0.25) is 0 Å². The van der Waals surface area contributed by atoms with E-state index < -0.39 is 5.82 Å². The van der Waals surface area contributed by atoms with Gasteiger partial charge in [0.25, 0.3) is 11.8 Å². The lowest BCUT2D eigenvalue weighted by molar-refractivity contribution is 0.0713. The van der Waals surface area contributed by atoms with Crippen molar-refractivity contribution in [1.29, 1.82) is 0 Å². The molecule has 0 atom stereocenters. The second kappa shape index (κ2) is 7.21. The molecule has 1 aromatic carbocycles. The van der Waals surface area contributed by atoms with Crippen molar-refractivity contribution >= 4 is 11.8 Å². The van der Waals surface area contributed by atoms with Crippen LogP contribution in [-0.4, -0.2) is 52.8 Å². The van der Waals surface area contributed by atoms with Crippen molar-refractivity contribution in [2.24, 2.45) is 0 Å². The maximum Gasteiger partial charge on any atom is 0.272 e. The van der Waals surface area contributed by atoms with E-state index in [0.717, 1.165) is 0 Å². The first-order valence-corrected chi connectivity index (χ1v) is 7.91. The van der Waals surface area contributed by atoms with Gasteiger partial charge in [-0.05, 0) is 30.7 Å². The van der Waals surface area contributed by atoms with E-state index in [1.165, 1.54) is 12.1 Å². The molecule has 24 heavy (non-hydrogen) atoms. The van der Waals surface area contributed by atoms with Crippen molar-refractivity contribution in [2.45, 2.75) is 6.42 Å². The Hall–Kier alpha value is -2.76. The summed E-state index contributed by atoms with van der Waals surface area (Å²) in [7, 11) is 0. The summed E-state index contributed by atoms with van der Waals surface area (Å²) >= 11 is 0. The van der Waals surface area contributed by atoms with Crippen LogP contribution in [0.1, 0.15) is 27.3 Å². The number of hydrogen-bond donors (Lipinski definition) is 0. The van der Waals surface area contributed by atoms with E-state index in [-0.39, 0.29) is 17.4 Å². The number of carbonyl (C=O) groups excluding carboxylic acids is 2. The Balaban J connectivity index is 1.68. The molecule has 0 saturated carbocycles. The third-order valence-electron chi connectivity index (χ3n) is 4.06. The Morgan fingerprint density at radius 3 is 2.21 bits per heavy atom. The van der Waals surface area contributed by atoms with E-state index in [0.29, 0.717) is 38.3 Å². The van der Waals surface area contributed by atoms with Gasteiger partial charge in [-0.25, -0.2) is 4.39 Å². The predicted octanol–water partition coefficient (Wildman–Crippen LogP) is 2.21. The average molecular weight is 327 g/mol. The quantitative estimate of drug-likeness (QED) is 0.850. The van der Waals surface area contributed by atoms with Crippen LogP contribution in [-0.2, 0) is 0 Å². The van der Waals surface area contributed by atoms with Crippen LogP contribution in [0.4, 0.5) is 4.39 Å². The van der Waals surface area contributed by atoms with Crippen LogP contribution >= 0.6 is 0 Å². The third-order valence-corrected chi connectivity index (χ3v) is 4.06. The van der Waals surface area contributed by atoms with Gasteiger partial charge in [0, 0.05) is 32.4 Å². The molecule has 1 aromatic heterocycles. The molecule has 1 aliphatic heterocycles. The van der Waals surface area contributed by atoms with Gasteiger partial charge in [-0.1, -0.05) is 18.2 Å². The third kappa shape index (κ3) is 3.42. The summed E-state index contributed by atoms with van der Waals surface area (Å²) in [6.07, 6.45) is 2.23. The van der Waals surface area contributed by atoms with Crippen molar-refractivity contribution in [3.63, 3.8) is 0 Å². The summed E-state index contributed by atoms with van der Waals surface area (Å²) in [4.78, 5) is 32.3. The van der Waals surface area contributed by atoms with Gasteiger partial charge in [-0.2, -0.15) is 0 Å². The highest BCUT2D eigenvalue weighted by molar-refractivity contribution is 5.95. The lowest BCUT2D eigenvalue weighted by Crippen LogP contribution is -2.37. The number of rotatable bonds is 2. The Morgan fingerprint density at radius 1 is 0.875 bits per heavy atom. The second-order valence-electron chi connectivity index (χ2n) is 5.63. The van der Waals surface area contributed by atoms with E-state index in [2.05, 4.69) is 4.98 Å². The number of nitrogens with zero attached hydrogens (tertiary/aromatic N) is 3. The molecular weight excluding hydrogens is 309 g/mol. The Morgan fingerprint density at radius 2 is 1.54 bits per heavy atom. The molecule has 1 saturated heterocycles. The van der Waals surface area contributed by atoms with Crippen LogP contribution in [0, 0.1) is 5.82 Å². The van der Waals surface area contributed by atoms with Gasteiger partial charge >= 0.3 is 0 Å². The monoisotopic (exact) mass is 327 g/mol. The fourth-order valence-electron chi connectivity index (χ4n) is 2.78. The van der Waals surface area contributed by atoms with Crippen LogP contribution in [0.15, 0.2) is 48.7 Å². The normalized spacial score (nSPS) is 15.0. The summed E-state index contributed by atoms with van der Waals surface area (Å²) in [6.45, 7) is 1.84. The topological polar surface area (TPSA) is 53.5 Å². The first-order chi connectivity index (χ1) is 11.7. The smallest absolute Gasteiger partial charge is 0.272 e. The summed E-state index contributed by atoms with van der Waals surface area (Å²) in [5, 5.41) is 0. The maximum atomic E-state index is 13.8. The van der Waals surface area contributed by atoms with Gasteiger partial charge < -0.3 is 9.80 Å². The minimum Gasteiger partial charge on any atom is -0.337 e. The van der Waals surface area contributed by atoms with Crippen LogP contribution in [0.25, 0.3) is 0 Å². The van der Waals surface area contributed by atoms with Crippen molar-refractivity contribution in [2.75, 3.05) is 26.2 Å². The minimum absolute atomic E-state index is 0.0713. The van der Waals surface area contributed by atoms with Gasteiger partial charge in [0.1, 0.15) is 11.5 Å². The second-order valence-corrected chi connectivity index (χ2v) is 5.63. The van der Waals surface area contributed by atoms with Crippen LogP contribution in [0.3, 0.4) is 0 Å². The molecule has 0 spiro atoms. The standard InChI is InChI=1S/C18H18FN3O2/c19-15-7-2-1-6-14(15)17(23)21-10-5-11-22(13-12-21)18(24)16-8-3-4-9-20-16/h1-4,6-9H,5,10-13H2. The number of amides is 2. The zero-order valence-corrected chi connectivity index (χ0v) is 13.2. The summed E-state index contributed by atoms with van der Waals surface area (Å²) < 4.78 is 13.8. The molecule has 0 N–H and O–H groups in total. The zero-order valence-electron chi connectivity index (χ0n) is 13.2. The van der Waals surface area contributed by atoms with Crippen LogP contribution < -0.4 is 0 Å². The molecule has 0 aliphatic carbocycles. The van der Waals surface area contributed by atoms with Crippen molar-refractivity contribution in [1.82, 2.24) is 14.8 Å². The number of hydrogen-bond acceptors (Lipinski definition) is 3. The highest BCUT2D eigenvalue weighted by atomic mass is 19.1. The molecule has 6 heteroatoms. The molecule has 1 fully saturated rings. The molecule has 1 aliphatic rings. The van der Waals surface area contributed by atoms with Crippen molar-refractivity contribution in [3.05, 3.63) is 65.7 Å². The molecule has 0 radical (unpaired) electrons. The van der Waals surface area contributed by atoms with E-state index in [9.17, 15) is 14.0 Å². The molecule has 0 unspecified atom stereocenters. The fraction of sp³-hybridized carbons (Fsp3) is 0.278. The first-order valence-electron chi connectivity index (χ1n) is 7.91. The molecule has 3 rings (SSSR count). The van der Waals surface area contributed by atoms with Gasteiger partial charge in [0.05, 0.1) is 5.56 Å². The fourth-order valence-corrected chi connectivity index (χ4v) is 2.78. The summed E-state index contributed by atoms with van der Waals surface area (Å²) in [5.74, 6) is -0.996. The first kappa shape index (κ1) is 16.1. The number of halogens is 1. The molecule has 5 nitrogen and oxygen atoms in total. The maximum absolute atomic E-state index is 13.8. The van der Waals surface area contributed by atoms with E-state index in [1.54, 1.807) is 46.3 Å². The number of carbonyl (C=O) groups is 2. The molecule has 124 valence electrons. The molecule has 2 aromatic rings. The number of aromatic nitrogens is 1. The Labute approximate surface area is 139 Å². The molecular formula is C18H18FN3O2. The number of pyridine rings is 1. The summed E-state index contributed by atoms with van der Waals surface area (Å²) in [5.41, 5.74) is 0.466. The van der Waals surface area contributed by atoms with Gasteiger partial charge in [0.15, 0.2) is 0 Å². The molecule has 0 bridgehead atoms. The SMILES string of the molecule is O=C(c1ccccn1)N1CCCN(C(=O)c2ccccc2F)CC1. The Bertz CT molecular complexity index is 736.